The lowest BCUT2D eigenvalue weighted by molar-refractivity contribution is 0.0956. The zero-order chi connectivity index (χ0) is 12.7. The second-order valence-corrected chi connectivity index (χ2v) is 4.09. The molecule has 2 N–H and O–H groups in total. The SMILES string of the molecule is CCNC(=O)c1ccc(NC(CC)CC)cc1. The standard InChI is InChI=1S/C14H22N2O/c1-4-12(5-2)16-13-9-7-11(8-10-13)14(17)15-6-3/h7-10,12,16H,4-6H2,1-3H3,(H,15,17). The number of carbonyl (C=O) groups is 1. The Labute approximate surface area is 104 Å². The first-order valence-electron chi connectivity index (χ1n) is 6.36. The fourth-order valence-corrected chi connectivity index (χ4v) is 1.71. The van der Waals surface area contributed by atoms with E-state index < -0.39 is 0 Å². The maximum absolute atomic E-state index is 11.6. The molecular weight excluding hydrogens is 212 g/mol. The van der Waals surface area contributed by atoms with Gasteiger partial charge in [0.2, 0.25) is 0 Å². The molecule has 0 aliphatic carbocycles. The molecule has 3 heteroatoms. The van der Waals surface area contributed by atoms with Crippen molar-refractivity contribution in [3.63, 3.8) is 0 Å². The van der Waals surface area contributed by atoms with Gasteiger partial charge in [-0.2, -0.15) is 0 Å². The van der Waals surface area contributed by atoms with Gasteiger partial charge in [0.1, 0.15) is 0 Å². The summed E-state index contributed by atoms with van der Waals surface area (Å²) >= 11 is 0. The highest BCUT2D eigenvalue weighted by Crippen LogP contribution is 2.13. The Morgan fingerprint density at radius 2 is 1.71 bits per heavy atom. The van der Waals surface area contributed by atoms with Gasteiger partial charge in [0.15, 0.2) is 0 Å². The highest BCUT2D eigenvalue weighted by molar-refractivity contribution is 5.94. The van der Waals surface area contributed by atoms with Crippen molar-refractivity contribution < 1.29 is 4.79 Å². The molecule has 3 nitrogen and oxygen atoms in total. The van der Waals surface area contributed by atoms with Crippen molar-refractivity contribution >= 4 is 11.6 Å². The van der Waals surface area contributed by atoms with E-state index in [0.29, 0.717) is 18.2 Å². The Bertz CT molecular complexity index is 342. The van der Waals surface area contributed by atoms with Crippen molar-refractivity contribution in [3.05, 3.63) is 29.8 Å². The smallest absolute Gasteiger partial charge is 0.251 e. The number of hydrogen-bond acceptors (Lipinski definition) is 2. The molecule has 0 spiro atoms. The van der Waals surface area contributed by atoms with E-state index in [9.17, 15) is 4.79 Å². The Balaban J connectivity index is 2.64. The number of anilines is 1. The number of nitrogens with one attached hydrogen (secondary N) is 2. The van der Waals surface area contributed by atoms with Gasteiger partial charge in [-0.25, -0.2) is 0 Å². The highest BCUT2D eigenvalue weighted by atomic mass is 16.1. The second kappa shape index (κ2) is 6.94. The lowest BCUT2D eigenvalue weighted by Crippen LogP contribution is -2.22. The molecule has 0 bridgehead atoms. The summed E-state index contributed by atoms with van der Waals surface area (Å²) in [7, 11) is 0. The van der Waals surface area contributed by atoms with Crippen LogP contribution in [0.4, 0.5) is 5.69 Å². The van der Waals surface area contributed by atoms with E-state index in [-0.39, 0.29) is 5.91 Å². The molecule has 0 saturated heterocycles. The predicted octanol–water partition coefficient (Wildman–Crippen LogP) is 3.04. The largest absolute Gasteiger partial charge is 0.382 e. The molecule has 0 unspecified atom stereocenters. The third-order valence-electron chi connectivity index (χ3n) is 2.84. The summed E-state index contributed by atoms with van der Waals surface area (Å²) in [6.07, 6.45) is 2.21. The molecule has 1 aromatic rings. The lowest BCUT2D eigenvalue weighted by Gasteiger charge is -2.16. The van der Waals surface area contributed by atoms with Gasteiger partial charge >= 0.3 is 0 Å². The highest BCUT2D eigenvalue weighted by Gasteiger charge is 2.05. The van der Waals surface area contributed by atoms with Crippen LogP contribution in [0.3, 0.4) is 0 Å². The van der Waals surface area contributed by atoms with Crippen LogP contribution in [0.25, 0.3) is 0 Å². The van der Waals surface area contributed by atoms with Crippen LogP contribution in [-0.4, -0.2) is 18.5 Å². The van der Waals surface area contributed by atoms with Gasteiger partial charge in [-0.1, -0.05) is 13.8 Å². The van der Waals surface area contributed by atoms with E-state index >= 15 is 0 Å². The molecule has 0 heterocycles. The third-order valence-corrected chi connectivity index (χ3v) is 2.84. The molecule has 0 atom stereocenters. The average molecular weight is 234 g/mol. The van der Waals surface area contributed by atoms with Crippen molar-refractivity contribution in [2.24, 2.45) is 0 Å². The topological polar surface area (TPSA) is 41.1 Å². The maximum Gasteiger partial charge on any atom is 0.251 e. The third kappa shape index (κ3) is 4.10. The van der Waals surface area contributed by atoms with Gasteiger partial charge in [0.25, 0.3) is 5.91 Å². The first-order valence-corrected chi connectivity index (χ1v) is 6.36. The summed E-state index contributed by atoms with van der Waals surface area (Å²) in [5.74, 6) is -0.0124. The van der Waals surface area contributed by atoms with Gasteiger partial charge in [-0.3, -0.25) is 4.79 Å². The Hall–Kier alpha value is -1.51. The molecule has 0 aliphatic heterocycles. The van der Waals surface area contributed by atoms with E-state index in [1.807, 2.05) is 31.2 Å². The second-order valence-electron chi connectivity index (χ2n) is 4.09. The lowest BCUT2D eigenvalue weighted by atomic mass is 10.1. The quantitative estimate of drug-likeness (QED) is 0.794. The minimum absolute atomic E-state index is 0.0124. The molecule has 1 amide bonds. The first kappa shape index (κ1) is 13.6. The van der Waals surface area contributed by atoms with Gasteiger partial charge in [0.05, 0.1) is 0 Å². The number of benzene rings is 1. The number of rotatable bonds is 6. The molecule has 17 heavy (non-hydrogen) atoms. The predicted molar refractivity (Wildman–Crippen MR) is 72.4 cm³/mol. The zero-order valence-electron chi connectivity index (χ0n) is 10.9. The molecule has 0 radical (unpaired) electrons. The van der Waals surface area contributed by atoms with Crippen LogP contribution in [0.1, 0.15) is 44.0 Å². The molecular formula is C14H22N2O. The number of amides is 1. The van der Waals surface area contributed by atoms with Crippen molar-refractivity contribution in [2.45, 2.75) is 39.7 Å². The van der Waals surface area contributed by atoms with Crippen LogP contribution in [0.2, 0.25) is 0 Å². The molecule has 0 aliphatic rings. The fourth-order valence-electron chi connectivity index (χ4n) is 1.71. The Morgan fingerprint density at radius 1 is 1.12 bits per heavy atom. The molecule has 0 aromatic heterocycles. The summed E-state index contributed by atoms with van der Waals surface area (Å²) in [6, 6.07) is 8.14. The van der Waals surface area contributed by atoms with Gasteiger partial charge in [-0.05, 0) is 44.0 Å². The monoisotopic (exact) mass is 234 g/mol. The Morgan fingerprint density at radius 3 is 2.18 bits per heavy atom. The van der Waals surface area contributed by atoms with Crippen LogP contribution in [0.5, 0.6) is 0 Å². The van der Waals surface area contributed by atoms with Crippen molar-refractivity contribution in [1.29, 1.82) is 0 Å². The minimum Gasteiger partial charge on any atom is -0.382 e. The molecule has 0 fully saturated rings. The maximum atomic E-state index is 11.6. The van der Waals surface area contributed by atoms with Crippen LogP contribution in [0.15, 0.2) is 24.3 Å². The summed E-state index contributed by atoms with van der Waals surface area (Å²) in [6.45, 7) is 6.92. The van der Waals surface area contributed by atoms with Crippen LogP contribution in [0, 0.1) is 0 Å². The zero-order valence-corrected chi connectivity index (χ0v) is 10.9. The minimum atomic E-state index is -0.0124. The van der Waals surface area contributed by atoms with Crippen molar-refractivity contribution in [3.8, 4) is 0 Å². The van der Waals surface area contributed by atoms with Gasteiger partial charge < -0.3 is 10.6 Å². The summed E-state index contributed by atoms with van der Waals surface area (Å²) < 4.78 is 0. The van der Waals surface area contributed by atoms with Crippen LogP contribution < -0.4 is 10.6 Å². The van der Waals surface area contributed by atoms with E-state index in [4.69, 9.17) is 0 Å². The first-order chi connectivity index (χ1) is 8.21. The average Bonchev–Trinajstić information content (AvgIpc) is 2.37. The summed E-state index contributed by atoms with van der Waals surface area (Å²) in [5, 5.41) is 6.23. The van der Waals surface area contributed by atoms with Gasteiger partial charge in [0, 0.05) is 23.8 Å². The molecule has 1 rings (SSSR count). The van der Waals surface area contributed by atoms with Crippen molar-refractivity contribution in [1.82, 2.24) is 5.32 Å². The summed E-state index contributed by atoms with van der Waals surface area (Å²) in [4.78, 5) is 11.6. The summed E-state index contributed by atoms with van der Waals surface area (Å²) in [5.41, 5.74) is 1.79. The molecule has 94 valence electrons. The van der Waals surface area contributed by atoms with Crippen LogP contribution in [-0.2, 0) is 0 Å². The molecule has 0 saturated carbocycles. The molecule has 1 aromatic carbocycles. The fraction of sp³-hybridized carbons (Fsp3) is 0.500. The van der Waals surface area contributed by atoms with E-state index in [2.05, 4.69) is 24.5 Å². The van der Waals surface area contributed by atoms with Crippen LogP contribution >= 0.6 is 0 Å². The van der Waals surface area contributed by atoms with E-state index in [0.717, 1.165) is 18.5 Å². The number of carbonyl (C=O) groups excluding carboxylic acids is 1. The van der Waals surface area contributed by atoms with Gasteiger partial charge in [-0.15, -0.1) is 0 Å². The normalized spacial score (nSPS) is 10.4. The number of hydrogen-bond donors (Lipinski definition) is 2. The van der Waals surface area contributed by atoms with E-state index in [1.54, 1.807) is 0 Å². The van der Waals surface area contributed by atoms with E-state index in [1.165, 1.54) is 0 Å². The Kier molecular flexibility index (Phi) is 5.53. The van der Waals surface area contributed by atoms with Crippen molar-refractivity contribution in [2.75, 3.05) is 11.9 Å².